The number of anilines is 2. The molecule has 0 fully saturated rings. The maximum Gasteiger partial charge on any atom is 0.153 e. The Morgan fingerprint density at radius 3 is 2.80 bits per heavy atom. The van der Waals surface area contributed by atoms with Gasteiger partial charge >= 0.3 is 0 Å². The number of benzene rings is 1. The third kappa shape index (κ3) is 2.38. The largest absolute Gasteiger partial charge is 0.382 e. The normalized spacial score (nSPS) is 10.7. The first-order valence-electron chi connectivity index (χ1n) is 6.39. The van der Waals surface area contributed by atoms with Crippen LogP contribution in [0.1, 0.15) is 11.1 Å². The van der Waals surface area contributed by atoms with Crippen molar-refractivity contribution in [1.82, 2.24) is 15.0 Å². The van der Waals surface area contributed by atoms with Crippen LogP contribution in [0.5, 0.6) is 0 Å². The van der Waals surface area contributed by atoms with Gasteiger partial charge in [0.1, 0.15) is 17.7 Å². The zero-order chi connectivity index (χ0) is 13.9. The summed E-state index contributed by atoms with van der Waals surface area (Å²) in [6.07, 6.45) is 1.44. The number of nitrogens with zero attached hydrogens (tertiary/aromatic N) is 3. The molecule has 1 aromatic carbocycles. The highest BCUT2D eigenvalue weighted by atomic mass is 15.0. The Morgan fingerprint density at radius 2 is 1.95 bits per heavy atom. The molecule has 3 rings (SSSR count). The summed E-state index contributed by atoms with van der Waals surface area (Å²) < 4.78 is 0. The number of nitrogen functional groups attached to an aromatic ring is 1. The molecule has 0 aliphatic rings. The molecular formula is C15H15N5. The number of aryl methyl sites for hydroxylation is 1. The SMILES string of the molecule is Cc1ccccc1CNc1ccc2ncnc(N)c2n1. The molecule has 0 saturated carbocycles. The summed E-state index contributed by atoms with van der Waals surface area (Å²) in [5.41, 5.74) is 9.69. The van der Waals surface area contributed by atoms with Crippen molar-refractivity contribution < 1.29 is 0 Å². The van der Waals surface area contributed by atoms with Crippen molar-refractivity contribution in [2.45, 2.75) is 13.5 Å². The molecule has 0 saturated heterocycles. The van der Waals surface area contributed by atoms with Crippen LogP contribution in [0.4, 0.5) is 11.6 Å². The standard InChI is InChI=1S/C15H15N5/c1-10-4-2-3-5-11(10)8-17-13-7-6-12-14(20-13)15(16)19-9-18-12/h2-7,9H,8H2,1H3,(H,17,20)(H2,16,18,19). The first kappa shape index (κ1) is 12.3. The van der Waals surface area contributed by atoms with Gasteiger partial charge in [-0.1, -0.05) is 24.3 Å². The Balaban J connectivity index is 1.85. The van der Waals surface area contributed by atoms with Crippen molar-refractivity contribution in [2.24, 2.45) is 0 Å². The minimum atomic E-state index is 0.398. The van der Waals surface area contributed by atoms with Crippen LogP contribution in [-0.4, -0.2) is 15.0 Å². The molecule has 2 aromatic heterocycles. The lowest BCUT2D eigenvalue weighted by Gasteiger charge is -2.09. The van der Waals surface area contributed by atoms with E-state index in [1.165, 1.54) is 17.5 Å². The summed E-state index contributed by atoms with van der Waals surface area (Å²) in [5, 5.41) is 3.30. The van der Waals surface area contributed by atoms with Gasteiger partial charge in [-0.2, -0.15) is 0 Å². The highest BCUT2D eigenvalue weighted by Crippen LogP contribution is 2.17. The molecule has 3 N–H and O–H groups in total. The fourth-order valence-electron chi connectivity index (χ4n) is 2.05. The smallest absolute Gasteiger partial charge is 0.153 e. The van der Waals surface area contributed by atoms with Crippen LogP contribution in [0.25, 0.3) is 11.0 Å². The Kier molecular flexibility index (Phi) is 3.16. The van der Waals surface area contributed by atoms with E-state index in [9.17, 15) is 0 Å². The third-order valence-electron chi connectivity index (χ3n) is 3.23. The van der Waals surface area contributed by atoms with Crippen molar-refractivity contribution in [2.75, 3.05) is 11.1 Å². The summed E-state index contributed by atoms with van der Waals surface area (Å²) in [7, 11) is 0. The molecule has 0 unspecified atom stereocenters. The van der Waals surface area contributed by atoms with Crippen LogP contribution in [0, 0.1) is 6.92 Å². The third-order valence-corrected chi connectivity index (χ3v) is 3.23. The monoisotopic (exact) mass is 265 g/mol. The number of rotatable bonds is 3. The molecule has 3 aromatic rings. The molecule has 0 spiro atoms. The lowest BCUT2D eigenvalue weighted by molar-refractivity contribution is 1.09. The highest BCUT2D eigenvalue weighted by Gasteiger charge is 2.04. The van der Waals surface area contributed by atoms with E-state index in [1.54, 1.807) is 0 Å². The first-order chi connectivity index (χ1) is 9.74. The van der Waals surface area contributed by atoms with Gasteiger partial charge in [-0.3, -0.25) is 0 Å². The van der Waals surface area contributed by atoms with Crippen molar-refractivity contribution in [3.8, 4) is 0 Å². The van der Waals surface area contributed by atoms with E-state index >= 15 is 0 Å². The van der Waals surface area contributed by atoms with Gasteiger partial charge < -0.3 is 11.1 Å². The fraction of sp³-hybridized carbons (Fsp3) is 0.133. The average Bonchev–Trinajstić information content (AvgIpc) is 2.47. The second-order valence-corrected chi connectivity index (χ2v) is 4.60. The minimum Gasteiger partial charge on any atom is -0.382 e. The van der Waals surface area contributed by atoms with E-state index in [2.05, 4.69) is 39.3 Å². The van der Waals surface area contributed by atoms with Crippen molar-refractivity contribution in [3.05, 3.63) is 53.9 Å². The molecule has 20 heavy (non-hydrogen) atoms. The van der Waals surface area contributed by atoms with Crippen LogP contribution in [0.2, 0.25) is 0 Å². The van der Waals surface area contributed by atoms with Crippen LogP contribution < -0.4 is 11.1 Å². The second kappa shape index (κ2) is 5.13. The average molecular weight is 265 g/mol. The number of hydrogen-bond acceptors (Lipinski definition) is 5. The van der Waals surface area contributed by atoms with Crippen LogP contribution in [0.3, 0.4) is 0 Å². The number of nitrogens with two attached hydrogens (primary N) is 1. The van der Waals surface area contributed by atoms with Crippen molar-refractivity contribution >= 4 is 22.7 Å². The summed E-state index contributed by atoms with van der Waals surface area (Å²) in [5.74, 6) is 1.16. The molecule has 0 radical (unpaired) electrons. The molecule has 0 bridgehead atoms. The van der Waals surface area contributed by atoms with Gasteiger partial charge in [0.05, 0.1) is 5.52 Å². The summed E-state index contributed by atoms with van der Waals surface area (Å²) in [6.45, 7) is 2.81. The number of nitrogens with one attached hydrogen (secondary N) is 1. The fourth-order valence-corrected chi connectivity index (χ4v) is 2.05. The summed E-state index contributed by atoms with van der Waals surface area (Å²) >= 11 is 0. The van der Waals surface area contributed by atoms with Gasteiger partial charge in [-0.25, -0.2) is 15.0 Å². The molecule has 2 heterocycles. The lowest BCUT2D eigenvalue weighted by Crippen LogP contribution is -2.04. The molecule has 0 aliphatic carbocycles. The van der Waals surface area contributed by atoms with Crippen molar-refractivity contribution in [1.29, 1.82) is 0 Å². The number of pyridine rings is 1. The molecule has 100 valence electrons. The van der Waals surface area contributed by atoms with Gasteiger partial charge in [0.15, 0.2) is 5.82 Å². The highest BCUT2D eigenvalue weighted by molar-refractivity contribution is 5.84. The molecule has 0 aliphatic heterocycles. The predicted molar refractivity (Wildman–Crippen MR) is 80.3 cm³/mol. The Morgan fingerprint density at radius 1 is 1.10 bits per heavy atom. The number of aromatic nitrogens is 3. The second-order valence-electron chi connectivity index (χ2n) is 4.60. The summed E-state index contributed by atoms with van der Waals surface area (Å²) in [6, 6.07) is 12.0. The predicted octanol–water partition coefficient (Wildman–Crippen LogP) is 2.53. The zero-order valence-electron chi connectivity index (χ0n) is 11.2. The molecule has 0 amide bonds. The Labute approximate surface area is 116 Å². The van der Waals surface area contributed by atoms with Gasteiger partial charge in [-0.15, -0.1) is 0 Å². The van der Waals surface area contributed by atoms with E-state index in [1.807, 2.05) is 24.3 Å². The van der Waals surface area contributed by atoms with Crippen molar-refractivity contribution in [3.63, 3.8) is 0 Å². The first-order valence-corrected chi connectivity index (χ1v) is 6.39. The Hall–Kier alpha value is -2.69. The van der Waals surface area contributed by atoms with Crippen LogP contribution >= 0.6 is 0 Å². The van der Waals surface area contributed by atoms with E-state index in [0.717, 1.165) is 17.9 Å². The molecule has 5 nitrogen and oxygen atoms in total. The van der Waals surface area contributed by atoms with Crippen LogP contribution in [-0.2, 0) is 6.54 Å². The molecule has 5 heteroatoms. The lowest BCUT2D eigenvalue weighted by atomic mass is 10.1. The van der Waals surface area contributed by atoms with E-state index in [-0.39, 0.29) is 0 Å². The van der Waals surface area contributed by atoms with Gasteiger partial charge in [0.25, 0.3) is 0 Å². The van der Waals surface area contributed by atoms with Gasteiger partial charge in [0, 0.05) is 6.54 Å². The molecule has 0 atom stereocenters. The van der Waals surface area contributed by atoms with E-state index in [4.69, 9.17) is 5.73 Å². The molecular weight excluding hydrogens is 250 g/mol. The Bertz CT molecular complexity index is 754. The quantitative estimate of drug-likeness (QED) is 0.761. The minimum absolute atomic E-state index is 0.398. The topological polar surface area (TPSA) is 76.7 Å². The number of hydrogen-bond donors (Lipinski definition) is 2. The van der Waals surface area contributed by atoms with Gasteiger partial charge in [-0.05, 0) is 30.2 Å². The van der Waals surface area contributed by atoms with E-state index in [0.29, 0.717) is 11.3 Å². The maximum absolute atomic E-state index is 5.82. The van der Waals surface area contributed by atoms with Crippen LogP contribution in [0.15, 0.2) is 42.7 Å². The van der Waals surface area contributed by atoms with E-state index < -0.39 is 0 Å². The maximum atomic E-state index is 5.82. The number of fused-ring (bicyclic) bond motifs is 1. The zero-order valence-corrected chi connectivity index (χ0v) is 11.2. The van der Waals surface area contributed by atoms with Gasteiger partial charge in [0.2, 0.25) is 0 Å². The summed E-state index contributed by atoms with van der Waals surface area (Å²) in [4.78, 5) is 12.5.